The molecule has 3 N–H and O–H groups in total. The fraction of sp³-hybridized carbons (Fsp3) is 0.500. The van der Waals surface area contributed by atoms with Crippen LogP contribution < -0.4 is 10.5 Å². The zero-order valence-electron chi connectivity index (χ0n) is 11.0. The molecule has 5 nitrogen and oxygen atoms in total. The topological polar surface area (TPSA) is 81.4 Å². The highest BCUT2D eigenvalue weighted by atomic mass is 32.2. The Balaban J connectivity index is 2.27. The summed E-state index contributed by atoms with van der Waals surface area (Å²) >= 11 is 0. The first-order chi connectivity index (χ1) is 9.68. The minimum atomic E-state index is -4.63. The molecule has 1 saturated heterocycles. The van der Waals surface area contributed by atoms with Gasteiger partial charge in [0, 0.05) is 13.2 Å². The Morgan fingerprint density at radius 3 is 2.62 bits per heavy atom. The predicted molar refractivity (Wildman–Crippen MR) is 70.3 cm³/mol. The molecule has 1 unspecified atom stereocenters. The Bertz CT molecular complexity index is 611. The van der Waals surface area contributed by atoms with Gasteiger partial charge < -0.3 is 10.1 Å². The Morgan fingerprint density at radius 1 is 1.38 bits per heavy atom. The maximum absolute atomic E-state index is 12.6. The lowest BCUT2D eigenvalue weighted by Gasteiger charge is -2.16. The fourth-order valence-electron chi connectivity index (χ4n) is 2.11. The summed E-state index contributed by atoms with van der Waals surface area (Å²) < 4.78 is 66.2. The van der Waals surface area contributed by atoms with E-state index in [2.05, 4.69) is 5.32 Å². The number of alkyl halides is 3. The average molecular weight is 324 g/mol. The van der Waals surface area contributed by atoms with Crippen LogP contribution in [0.25, 0.3) is 0 Å². The van der Waals surface area contributed by atoms with Gasteiger partial charge in [0.2, 0.25) is 10.0 Å². The highest BCUT2D eigenvalue weighted by Gasteiger charge is 2.32. The smallest absolute Gasteiger partial charge is 0.381 e. The minimum Gasteiger partial charge on any atom is -0.381 e. The molecule has 9 heteroatoms. The van der Waals surface area contributed by atoms with E-state index in [4.69, 9.17) is 9.88 Å². The second-order valence-corrected chi connectivity index (χ2v) is 6.30. The van der Waals surface area contributed by atoms with Crippen molar-refractivity contribution in [1.82, 2.24) is 0 Å². The standard InChI is InChI=1S/C12H15F3N2O3S/c13-12(14,15)8-3-4-10(11(6-8)21(16,18)19)17-7-9-2-1-5-20-9/h3-4,6,9,17H,1-2,5,7H2,(H2,16,18,19). The van der Waals surface area contributed by atoms with Crippen molar-refractivity contribution in [2.24, 2.45) is 5.14 Å². The number of anilines is 1. The summed E-state index contributed by atoms with van der Waals surface area (Å²) in [7, 11) is -4.27. The Kier molecular flexibility index (Phi) is 4.45. The minimum absolute atomic E-state index is 0.0426. The molecule has 0 saturated carbocycles. The van der Waals surface area contributed by atoms with Crippen molar-refractivity contribution in [2.75, 3.05) is 18.5 Å². The van der Waals surface area contributed by atoms with E-state index in [1.54, 1.807) is 0 Å². The molecule has 1 aliphatic rings. The summed E-state index contributed by atoms with van der Waals surface area (Å²) in [6, 6.07) is 2.41. The van der Waals surface area contributed by atoms with E-state index < -0.39 is 26.7 Å². The molecular formula is C12H15F3N2O3S. The molecule has 2 rings (SSSR count). The van der Waals surface area contributed by atoms with Crippen LogP contribution in [-0.4, -0.2) is 27.7 Å². The van der Waals surface area contributed by atoms with Gasteiger partial charge in [-0.1, -0.05) is 0 Å². The van der Waals surface area contributed by atoms with E-state index >= 15 is 0 Å². The summed E-state index contributed by atoms with van der Waals surface area (Å²) in [5.74, 6) is 0. The Hall–Kier alpha value is -1.32. The van der Waals surface area contributed by atoms with Crippen LogP contribution in [0.2, 0.25) is 0 Å². The van der Waals surface area contributed by atoms with Gasteiger partial charge >= 0.3 is 6.18 Å². The number of primary sulfonamides is 1. The van der Waals surface area contributed by atoms with Crippen LogP contribution in [0, 0.1) is 0 Å². The molecule has 1 aromatic rings. The highest BCUT2D eigenvalue weighted by molar-refractivity contribution is 7.89. The van der Waals surface area contributed by atoms with Crippen LogP contribution in [0.1, 0.15) is 18.4 Å². The first-order valence-electron chi connectivity index (χ1n) is 6.27. The van der Waals surface area contributed by atoms with E-state index in [-0.39, 0.29) is 11.8 Å². The first-order valence-corrected chi connectivity index (χ1v) is 7.82. The largest absolute Gasteiger partial charge is 0.416 e. The molecule has 1 atom stereocenters. The molecule has 1 fully saturated rings. The van der Waals surface area contributed by atoms with Gasteiger partial charge in [0.05, 0.1) is 17.4 Å². The summed E-state index contributed by atoms with van der Waals surface area (Å²) in [6.07, 6.45) is -2.99. The summed E-state index contributed by atoms with van der Waals surface area (Å²) in [6.45, 7) is 0.940. The lowest BCUT2D eigenvalue weighted by molar-refractivity contribution is -0.137. The first kappa shape index (κ1) is 16.1. The number of nitrogens with one attached hydrogen (secondary N) is 1. The fourth-order valence-corrected chi connectivity index (χ4v) is 2.85. The van der Waals surface area contributed by atoms with Crippen LogP contribution in [0.5, 0.6) is 0 Å². The third-order valence-corrected chi connectivity index (χ3v) is 4.11. The summed E-state index contributed by atoms with van der Waals surface area (Å²) in [5.41, 5.74) is -1.02. The van der Waals surface area contributed by atoms with Gasteiger partial charge in [0.25, 0.3) is 0 Å². The number of nitrogens with two attached hydrogens (primary N) is 1. The molecule has 0 spiro atoms. The number of rotatable bonds is 4. The third-order valence-electron chi connectivity index (χ3n) is 3.16. The molecule has 0 radical (unpaired) electrons. The second kappa shape index (κ2) is 5.82. The summed E-state index contributed by atoms with van der Waals surface area (Å²) in [5, 5.41) is 7.78. The lowest BCUT2D eigenvalue weighted by atomic mass is 10.2. The highest BCUT2D eigenvalue weighted by Crippen LogP contribution is 2.33. The summed E-state index contributed by atoms with van der Waals surface area (Å²) in [4.78, 5) is -0.574. The Morgan fingerprint density at radius 2 is 2.10 bits per heavy atom. The maximum atomic E-state index is 12.6. The monoisotopic (exact) mass is 324 g/mol. The third kappa shape index (κ3) is 4.08. The van der Waals surface area contributed by atoms with E-state index in [9.17, 15) is 21.6 Å². The number of ether oxygens (including phenoxy) is 1. The second-order valence-electron chi connectivity index (χ2n) is 4.77. The van der Waals surface area contributed by atoms with Crippen molar-refractivity contribution in [1.29, 1.82) is 0 Å². The quantitative estimate of drug-likeness (QED) is 0.887. The molecule has 1 aliphatic heterocycles. The van der Waals surface area contributed by atoms with E-state index in [1.165, 1.54) is 0 Å². The van der Waals surface area contributed by atoms with Gasteiger partial charge in [0.1, 0.15) is 4.90 Å². The van der Waals surface area contributed by atoms with Crippen molar-refractivity contribution in [3.63, 3.8) is 0 Å². The van der Waals surface area contributed by atoms with E-state index in [0.29, 0.717) is 19.2 Å². The van der Waals surface area contributed by atoms with Gasteiger partial charge in [-0.15, -0.1) is 0 Å². The average Bonchev–Trinajstić information content (AvgIpc) is 2.87. The van der Waals surface area contributed by atoms with Crippen LogP contribution in [-0.2, 0) is 20.9 Å². The van der Waals surface area contributed by atoms with Gasteiger partial charge in [-0.25, -0.2) is 13.6 Å². The van der Waals surface area contributed by atoms with E-state index in [0.717, 1.165) is 25.0 Å². The predicted octanol–water partition coefficient (Wildman–Crippen LogP) is 1.94. The molecule has 118 valence electrons. The molecule has 1 heterocycles. The molecule has 0 aromatic heterocycles. The van der Waals surface area contributed by atoms with Crippen molar-refractivity contribution >= 4 is 15.7 Å². The number of hydrogen-bond acceptors (Lipinski definition) is 4. The van der Waals surface area contributed by atoms with Crippen molar-refractivity contribution in [2.45, 2.75) is 30.0 Å². The number of halogens is 3. The van der Waals surface area contributed by atoms with Crippen LogP contribution in [0.15, 0.2) is 23.1 Å². The van der Waals surface area contributed by atoms with Gasteiger partial charge in [-0.2, -0.15) is 13.2 Å². The lowest BCUT2D eigenvalue weighted by Crippen LogP contribution is -2.22. The van der Waals surface area contributed by atoms with Crippen LogP contribution >= 0.6 is 0 Å². The van der Waals surface area contributed by atoms with Crippen molar-refractivity contribution < 1.29 is 26.3 Å². The molecule has 1 aromatic carbocycles. The van der Waals surface area contributed by atoms with Gasteiger partial charge in [-0.3, -0.25) is 0 Å². The van der Waals surface area contributed by atoms with Crippen LogP contribution in [0.4, 0.5) is 18.9 Å². The van der Waals surface area contributed by atoms with Gasteiger partial charge in [-0.05, 0) is 31.0 Å². The zero-order valence-corrected chi connectivity index (χ0v) is 11.8. The molecular weight excluding hydrogens is 309 g/mol. The Labute approximate surface area is 120 Å². The molecule has 0 amide bonds. The number of hydrogen-bond donors (Lipinski definition) is 2. The SMILES string of the molecule is NS(=O)(=O)c1cc(C(F)(F)F)ccc1NCC1CCCO1. The molecule has 0 bridgehead atoms. The number of benzene rings is 1. The van der Waals surface area contributed by atoms with Gasteiger partial charge in [0.15, 0.2) is 0 Å². The molecule has 0 aliphatic carbocycles. The zero-order chi connectivity index (χ0) is 15.7. The maximum Gasteiger partial charge on any atom is 0.416 e. The molecule has 21 heavy (non-hydrogen) atoms. The van der Waals surface area contributed by atoms with Crippen molar-refractivity contribution in [3.8, 4) is 0 Å². The van der Waals surface area contributed by atoms with E-state index in [1.807, 2.05) is 0 Å². The number of sulfonamides is 1. The van der Waals surface area contributed by atoms with Crippen LogP contribution in [0.3, 0.4) is 0 Å². The van der Waals surface area contributed by atoms with Crippen molar-refractivity contribution in [3.05, 3.63) is 23.8 Å². The normalized spacial score (nSPS) is 19.7.